The van der Waals surface area contributed by atoms with Crippen LogP contribution in [0.3, 0.4) is 0 Å². The maximum absolute atomic E-state index is 14.5. The van der Waals surface area contributed by atoms with Gasteiger partial charge in [-0.15, -0.1) is 0 Å². The SMILES string of the molecule is Cc1ccc(N2C(=O)[C@H]3C(C(C)C)NC4(c5ccccc5-n5c4nc4ccccc4c5=O)[C@H]3C2=O)c(Br)c1. The molecule has 3 aliphatic heterocycles. The number of hydrogen-bond donors (Lipinski definition) is 1. The average Bonchev–Trinajstić information content (AvgIpc) is 3.49. The van der Waals surface area contributed by atoms with Gasteiger partial charge in [-0.05, 0) is 64.7 Å². The lowest BCUT2D eigenvalue weighted by Gasteiger charge is -2.32. The highest BCUT2D eigenvalue weighted by atomic mass is 79.9. The van der Waals surface area contributed by atoms with E-state index in [2.05, 4.69) is 35.1 Å². The van der Waals surface area contributed by atoms with E-state index in [9.17, 15) is 14.4 Å². The van der Waals surface area contributed by atoms with Gasteiger partial charge < -0.3 is 0 Å². The van der Waals surface area contributed by atoms with Crippen molar-refractivity contribution in [3.05, 3.63) is 98.5 Å². The Balaban J connectivity index is 1.53. The molecular weight excluding hydrogens is 544 g/mol. The van der Waals surface area contributed by atoms with Crippen molar-refractivity contribution in [1.29, 1.82) is 0 Å². The number of benzene rings is 3. The number of aromatic nitrogens is 2. The predicted octanol–water partition coefficient (Wildman–Crippen LogP) is 4.45. The summed E-state index contributed by atoms with van der Waals surface area (Å²) in [4.78, 5) is 48.8. The lowest BCUT2D eigenvalue weighted by Crippen LogP contribution is -2.51. The van der Waals surface area contributed by atoms with Crippen molar-refractivity contribution in [2.45, 2.75) is 32.4 Å². The second kappa shape index (κ2) is 7.94. The summed E-state index contributed by atoms with van der Waals surface area (Å²) in [5.74, 6) is -1.38. The van der Waals surface area contributed by atoms with Crippen LogP contribution in [0.25, 0.3) is 16.6 Å². The number of rotatable bonds is 2. The van der Waals surface area contributed by atoms with Crippen LogP contribution in [0.5, 0.6) is 0 Å². The van der Waals surface area contributed by atoms with Gasteiger partial charge in [0, 0.05) is 16.1 Å². The van der Waals surface area contributed by atoms with Crippen molar-refractivity contribution in [3.63, 3.8) is 0 Å². The monoisotopic (exact) mass is 568 g/mol. The molecule has 2 saturated heterocycles. The number of nitrogens with one attached hydrogen (secondary N) is 1. The van der Waals surface area contributed by atoms with Gasteiger partial charge in [0.2, 0.25) is 11.8 Å². The Morgan fingerprint density at radius 2 is 1.68 bits per heavy atom. The van der Waals surface area contributed by atoms with Crippen molar-refractivity contribution in [1.82, 2.24) is 14.9 Å². The van der Waals surface area contributed by atoms with Gasteiger partial charge in [0.1, 0.15) is 11.4 Å². The number of fused-ring (bicyclic) bond motifs is 8. The van der Waals surface area contributed by atoms with Gasteiger partial charge in [-0.25, -0.2) is 9.88 Å². The molecular formula is C30H25BrN4O3. The quantitative estimate of drug-likeness (QED) is 0.361. The van der Waals surface area contributed by atoms with Crippen LogP contribution in [0.15, 0.2) is 76.0 Å². The number of carbonyl (C=O) groups excluding carboxylic acids is 2. The molecule has 0 radical (unpaired) electrons. The summed E-state index contributed by atoms with van der Waals surface area (Å²) in [5, 5.41) is 4.24. The molecule has 2 amide bonds. The van der Waals surface area contributed by atoms with Gasteiger partial charge in [0.25, 0.3) is 5.56 Å². The number of aryl methyl sites for hydroxylation is 1. The summed E-state index contributed by atoms with van der Waals surface area (Å²) in [6.45, 7) is 6.07. The van der Waals surface area contributed by atoms with Crippen molar-refractivity contribution in [2.24, 2.45) is 17.8 Å². The molecule has 1 spiro atoms. The van der Waals surface area contributed by atoms with Crippen molar-refractivity contribution in [3.8, 4) is 5.69 Å². The third-order valence-corrected chi connectivity index (χ3v) is 8.99. The van der Waals surface area contributed by atoms with E-state index in [0.29, 0.717) is 32.6 Å². The van der Waals surface area contributed by atoms with Crippen LogP contribution in [0.1, 0.15) is 30.8 Å². The molecule has 7 nitrogen and oxygen atoms in total. The standard InChI is InChI=1S/C30H25BrN4O3/c1-15(2)25-23-24(28(38)34(27(23)37)22-13-12-16(3)14-19(22)31)30(33-25)18-9-5-7-11-21(18)35-26(36)17-8-4-6-10-20(17)32-29(30)35/h4-15,23-25,33H,1-3H3/t23-,24-,25?,30?/m1/s1. The first kappa shape index (κ1) is 23.5. The molecule has 2 unspecified atom stereocenters. The number of halogens is 1. The Morgan fingerprint density at radius 3 is 2.45 bits per heavy atom. The molecule has 38 heavy (non-hydrogen) atoms. The van der Waals surface area contributed by atoms with Gasteiger partial charge >= 0.3 is 0 Å². The first-order chi connectivity index (χ1) is 18.3. The molecule has 1 aromatic heterocycles. The predicted molar refractivity (Wildman–Crippen MR) is 148 cm³/mol. The molecule has 0 saturated carbocycles. The zero-order valence-corrected chi connectivity index (χ0v) is 22.7. The summed E-state index contributed by atoms with van der Waals surface area (Å²) in [7, 11) is 0. The molecule has 2 fully saturated rings. The molecule has 4 aromatic rings. The molecule has 7 rings (SSSR count). The third kappa shape index (κ3) is 2.82. The van der Waals surface area contributed by atoms with Gasteiger partial charge in [0.05, 0.1) is 34.1 Å². The largest absolute Gasteiger partial charge is 0.296 e. The number of carbonyl (C=O) groups is 2. The van der Waals surface area contributed by atoms with E-state index in [1.165, 1.54) is 4.90 Å². The second-order valence-electron chi connectivity index (χ2n) is 10.8. The van der Waals surface area contributed by atoms with Crippen LogP contribution in [0.4, 0.5) is 5.69 Å². The zero-order chi connectivity index (χ0) is 26.5. The van der Waals surface area contributed by atoms with E-state index in [1.807, 2.05) is 67.6 Å². The van der Waals surface area contributed by atoms with Gasteiger partial charge in [-0.3, -0.25) is 24.3 Å². The molecule has 8 heteroatoms. The summed E-state index contributed by atoms with van der Waals surface area (Å²) >= 11 is 3.58. The molecule has 190 valence electrons. The van der Waals surface area contributed by atoms with E-state index >= 15 is 0 Å². The van der Waals surface area contributed by atoms with Gasteiger partial charge in [-0.2, -0.15) is 0 Å². The Kier molecular flexibility index (Phi) is 4.91. The lowest BCUT2D eigenvalue weighted by molar-refractivity contribution is -0.123. The lowest BCUT2D eigenvalue weighted by atomic mass is 9.75. The van der Waals surface area contributed by atoms with Crippen LogP contribution in [-0.2, 0) is 15.1 Å². The maximum Gasteiger partial charge on any atom is 0.266 e. The molecule has 1 N–H and O–H groups in total. The molecule has 3 aromatic carbocycles. The summed E-state index contributed by atoms with van der Waals surface area (Å²) in [6.07, 6.45) is 0. The Hall–Kier alpha value is -3.62. The van der Waals surface area contributed by atoms with Crippen molar-refractivity contribution < 1.29 is 9.59 Å². The molecule has 0 aliphatic carbocycles. The van der Waals surface area contributed by atoms with Crippen LogP contribution in [-0.4, -0.2) is 27.4 Å². The number of anilines is 1. The smallest absolute Gasteiger partial charge is 0.266 e. The zero-order valence-electron chi connectivity index (χ0n) is 21.1. The van der Waals surface area contributed by atoms with Gasteiger partial charge in [0.15, 0.2) is 0 Å². The van der Waals surface area contributed by atoms with Crippen LogP contribution >= 0.6 is 15.9 Å². The maximum atomic E-state index is 14.5. The fourth-order valence-corrected chi connectivity index (χ4v) is 7.43. The highest BCUT2D eigenvalue weighted by molar-refractivity contribution is 9.10. The average molecular weight is 569 g/mol. The minimum Gasteiger partial charge on any atom is -0.296 e. The van der Waals surface area contributed by atoms with E-state index < -0.39 is 17.4 Å². The highest BCUT2D eigenvalue weighted by Gasteiger charge is 2.70. The topological polar surface area (TPSA) is 84.3 Å². The van der Waals surface area contributed by atoms with E-state index in [1.54, 1.807) is 10.6 Å². The highest BCUT2D eigenvalue weighted by Crippen LogP contribution is 2.56. The second-order valence-corrected chi connectivity index (χ2v) is 11.7. The molecule has 4 atom stereocenters. The summed E-state index contributed by atoms with van der Waals surface area (Å²) in [6, 6.07) is 20.2. The molecule has 0 bridgehead atoms. The first-order valence-corrected chi connectivity index (χ1v) is 13.6. The fraction of sp³-hybridized carbons (Fsp3) is 0.267. The number of amides is 2. The number of imide groups is 1. The molecule has 3 aliphatic rings. The van der Waals surface area contributed by atoms with Crippen LogP contribution < -0.4 is 15.8 Å². The fourth-order valence-electron chi connectivity index (χ4n) is 6.76. The van der Waals surface area contributed by atoms with E-state index in [0.717, 1.165) is 11.1 Å². The van der Waals surface area contributed by atoms with Crippen LogP contribution in [0, 0.1) is 24.7 Å². The minimum atomic E-state index is -1.13. The third-order valence-electron chi connectivity index (χ3n) is 8.36. The number of para-hydroxylation sites is 2. The van der Waals surface area contributed by atoms with E-state index in [-0.39, 0.29) is 29.3 Å². The van der Waals surface area contributed by atoms with Crippen molar-refractivity contribution >= 4 is 44.3 Å². The Labute approximate surface area is 227 Å². The summed E-state index contributed by atoms with van der Waals surface area (Å²) in [5.41, 5.74) is 2.30. The van der Waals surface area contributed by atoms with Crippen molar-refractivity contribution in [2.75, 3.05) is 4.90 Å². The summed E-state index contributed by atoms with van der Waals surface area (Å²) < 4.78 is 2.32. The molecule has 4 heterocycles. The van der Waals surface area contributed by atoms with Gasteiger partial charge in [-0.1, -0.05) is 50.2 Å². The number of hydrogen-bond acceptors (Lipinski definition) is 5. The minimum absolute atomic E-state index is 0.0495. The number of nitrogens with zero attached hydrogens (tertiary/aromatic N) is 3. The Bertz CT molecular complexity index is 1760. The normalized spacial score (nSPS) is 25.5. The Morgan fingerprint density at radius 1 is 0.947 bits per heavy atom. The van der Waals surface area contributed by atoms with E-state index in [4.69, 9.17) is 4.98 Å². The van der Waals surface area contributed by atoms with Crippen LogP contribution in [0.2, 0.25) is 0 Å². The first-order valence-electron chi connectivity index (χ1n) is 12.8.